The minimum Gasteiger partial charge on any atom is -0.335 e. The number of fused-ring (bicyclic) bond motifs is 1. The van der Waals surface area contributed by atoms with Gasteiger partial charge in [-0.3, -0.25) is 9.59 Å². The summed E-state index contributed by atoms with van der Waals surface area (Å²) in [6.45, 7) is 0.440. The van der Waals surface area contributed by atoms with Crippen molar-refractivity contribution >= 4 is 39.6 Å². The van der Waals surface area contributed by atoms with E-state index in [4.69, 9.17) is 11.6 Å². The number of hydrogen-bond acceptors (Lipinski definition) is 4. The molecule has 1 amide bonds. The molecule has 3 aromatic rings. The van der Waals surface area contributed by atoms with Gasteiger partial charge in [-0.1, -0.05) is 29.8 Å². The molecule has 118 valence electrons. The van der Waals surface area contributed by atoms with Gasteiger partial charge in [-0.15, -0.1) is 11.3 Å². The van der Waals surface area contributed by atoms with Gasteiger partial charge in [0.15, 0.2) is 5.69 Å². The third kappa shape index (κ3) is 3.00. The quantitative estimate of drug-likeness (QED) is 0.732. The molecule has 0 saturated carbocycles. The van der Waals surface area contributed by atoms with E-state index < -0.39 is 0 Å². The van der Waals surface area contributed by atoms with Gasteiger partial charge in [0.1, 0.15) is 0 Å². The predicted octanol–water partition coefficient (Wildman–Crippen LogP) is 2.92. The fourth-order valence-corrected chi connectivity index (χ4v) is 3.52. The highest BCUT2D eigenvalue weighted by molar-refractivity contribution is 7.16. The van der Waals surface area contributed by atoms with Crippen molar-refractivity contribution in [2.24, 2.45) is 7.05 Å². The molecular formula is C16H14ClN3O2S. The van der Waals surface area contributed by atoms with E-state index in [9.17, 15) is 9.59 Å². The van der Waals surface area contributed by atoms with Gasteiger partial charge in [0.25, 0.3) is 11.5 Å². The summed E-state index contributed by atoms with van der Waals surface area (Å²) in [6.07, 6.45) is 0. The molecule has 0 N–H and O–H groups in total. The molecule has 0 atom stereocenters. The van der Waals surface area contributed by atoms with Crippen molar-refractivity contribution in [2.75, 3.05) is 7.05 Å². The van der Waals surface area contributed by atoms with Gasteiger partial charge in [0, 0.05) is 24.4 Å². The highest BCUT2D eigenvalue weighted by atomic mass is 35.5. The molecule has 0 bridgehead atoms. The maximum absolute atomic E-state index is 12.8. The van der Waals surface area contributed by atoms with Crippen LogP contribution in [0.1, 0.15) is 15.4 Å². The topological polar surface area (TPSA) is 55.2 Å². The monoisotopic (exact) mass is 347 g/mol. The summed E-state index contributed by atoms with van der Waals surface area (Å²) in [4.78, 5) is 27.4. The van der Waals surface area contributed by atoms with Crippen LogP contribution >= 0.6 is 22.9 Å². The summed E-state index contributed by atoms with van der Waals surface area (Å²) >= 11 is 7.36. The molecule has 2 aromatic heterocycles. The second kappa shape index (κ2) is 6.14. The van der Waals surface area contributed by atoms with Gasteiger partial charge in [0.2, 0.25) is 0 Å². The molecule has 0 aliphatic carbocycles. The number of carbonyl (C=O) groups excluding carboxylic acids is 1. The van der Waals surface area contributed by atoms with Gasteiger partial charge in [-0.2, -0.15) is 5.10 Å². The van der Waals surface area contributed by atoms with Crippen molar-refractivity contribution in [3.05, 3.63) is 61.7 Å². The lowest BCUT2D eigenvalue weighted by molar-refractivity contribution is 0.0780. The molecule has 7 heteroatoms. The predicted molar refractivity (Wildman–Crippen MR) is 92.1 cm³/mol. The van der Waals surface area contributed by atoms with Gasteiger partial charge in [-0.05, 0) is 18.2 Å². The average Bonchev–Trinajstić information content (AvgIpc) is 2.95. The zero-order chi connectivity index (χ0) is 16.6. The number of aromatic nitrogens is 2. The molecule has 1 aromatic carbocycles. The standard InChI is InChI=1S/C16H14ClN3O2S/c1-19(9-10-7-8-13(17)23-10)16(22)14-11-5-3-4-6-12(11)15(21)20(2)18-14/h3-8H,9H2,1-2H3. The van der Waals surface area contributed by atoms with E-state index in [2.05, 4.69) is 5.10 Å². The number of benzene rings is 1. The van der Waals surface area contributed by atoms with Crippen LogP contribution in [0.15, 0.2) is 41.2 Å². The minimum atomic E-state index is -0.235. The Bertz CT molecular complexity index is 948. The average molecular weight is 348 g/mol. The molecule has 5 nitrogen and oxygen atoms in total. The first-order valence-corrected chi connectivity index (χ1v) is 8.12. The number of carbonyl (C=O) groups is 1. The molecule has 0 saturated heterocycles. The summed E-state index contributed by atoms with van der Waals surface area (Å²) < 4.78 is 1.89. The third-order valence-electron chi connectivity index (χ3n) is 3.53. The lowest BCUT2D eigenvalue weighted by Gasteiger charge is -2.17. The van der Waals surface area contributed by atoms with Crippen molar-refractivity contribution < 1.29 is 4.79 Å². The second-order valence-corrected chi connectivity index (χ2v) is 6.99. The highest BCUT2D eigenvalue weighted by Gasteiger charge is 2.19. The Labute approximate surface area is 141 Å². The molecule has 0 aliphatic heterocycles. The minimum absolute atomic E-state index is 0.218. The summed E-state index contributed by atoms with van der Waals surface area (Å²) in [5.41, 5.74) is 0.0534. The Balaban J connectivity index is 2.00. The van der Waals surface area contributed by atoms with E-state index >= 15 is 0 Å². The van der Waals surface area contributed by atoms with Crippen LogP contribution < -0.4 is 5.56 Å². The molecule has 23 heavy (non-hydrogen) atoms. The van der Waals surface area contributed by atoms with Crippen LogP contribution in [0.3, 0.4) is 0 Å². The second-order valence-electron chi connectivity index (χ2n) is 5.19. The van der Waals surface area contributed by atoms with Crippen molar-refractivity contribution in [3.63, 3.8) is 0 Å². The van der Waals surface area contributed by atoms with Crippen LogP contribution in [-0.2, 0) is 13.6 Å². The van der Waals surface area contributed by atoms with Crippen LogP contribution in [0, 0.1) is 0 Å². The Morgan fingerprint density at radius 2 is 1.96 bits per heavy atom. The third-order valence-corrected chi connectivity index (χ3v) is 4.74. The number of rotatable bonds is 3. The first-order chi connectivity index (χ1) is 11.0. The maximum atomic E-state index is 12.8. The fourth-order valence-electron chi connectivity index (χ4n) is 2.38. The number of hydrogen-bond donors (Lipinski definition) is 0. The molecule has 0 unspecified atom stereocenters. The number of nitrogens with zero attached hydrogens (tertiary/aromatic N) is 3. The zero-order valence-corrected chi connectivity index (χ0v) is 14.2. The van der Waals surface area contributed by atoms with E-state index in [1.807, 2.05) is 6.07 Å². The summed E-state index contributed by atoms with van der Waals surface area (Å²) in [6, 6.07) is 10.7. The van der Waals surface area contributed by atoms with Crippen molar-refractivity contribution in [3.8, 4) is 0 Å². The Morgan fingerprint density at radius 1 is 1.26 bits per heavy atom. The summed E-state index contributed by atoms with van der Waals surface area (Å²) in [7, 11) is 3.25. The number of thiophene rings is 1. The summed E-state index contributed by atoms with van der Waals surface area (Å²) in [5, 5.41) is 5.21. The van der Waals surface area contributed by atoms with Gasteiger partial charge in [-0.25, -0.2) is 4.68 Å². The Hall–Kier alpha value is -2.18. The largest absolute Gasteiger partial charge is 0.335 e. The molecule has 3 rings (SSSR count). The van der Waals surface area contributed by atoms with Crippen LogP contribution in [0.4, 0.5) is 0 Å². The van der Waals surface area contributed by atoms with E-state index in [1.54, 1.807) is 49.3 Å². The number of halogens is 1. The maximum Gasteiger partial charge on any atom is 0.275 e. The smallest absolute Gasteiger partial charge is 0.275 e. The van der Waals surface area contributed by atoms with E-state index in [0.717, 1.165) is 4.88 Å². The SMILES string of the molecule is CN(Cc1ccc(Cl)s1)C(=O)c1nn(C)c(=O)c2ccccc12. The normalized spacial score (nSPS) is 10.9. The number of amides is 1. The van der Waals surface area contributed by atoms with Gasteiger partial charge < -0.3 is 4.90 Å². The number of aryl methyl sites for hydroxylation is 1. The highest BCUT2D eigenvalue weighted by Crippen LogP contribution is 2.23. The van der Waals surface area contributed by atoms with E-state index in [1.165, 1.54) is 16.0 Å². The lowest BCUT2D eigenvalue weighted by atomic mass is 10.1. The van der Waals surface area contributed by atoms with E-state index in [-0.39, 0.29) is 17.2 Å². The first kappa shape index (κ1) is 15.7. The van der Waals surface area contributed by atoms with Crippen molar-refractivity contribution in [1.29, 1.82) is 0 Å². The Kier molecular flexibility index (Phi) is 4.19. The van der Waals surface area contributed by atoms with Gasteiger partial charge >= 0.3 is 0 Å². The summed E-state index contributed by atoms with van der Waals surface area (Å²) in [5.74, 6) is -0.235. The van der Waals surface area contributed by atoms with Crippen LogP contribution in [-0.4, -0.2) is 27.6 Å². The molecule has 0 spiro atoms. The molecular weight excluding hydrogens is 334 g/mol. The van der Waals surface area contributed by atoms with Gasteiger partial charge in [0.05, 0.1) is 16.3 Å². The first-order valence-electron chi connectivity index (χ1n) is 6.93. The van der Waals surface area contributed by atoms with Crippen molar-refractivity contribution in [1.82, 2.24) is 14.7 Å². The fraction of sp³-hybridized carbons (Fsp3) is 0.188. The van der Waals surface area contributed by atoms with E-state index in [0.29, 0.717) is 21.7 Å². The van der Waals surface area contributed by atoms with Crippen molar-refractivity contribution in [2.45, 2.75) is 6.54 Å². The Morgan fingerprint density at radius 3 is 2.61 bits per heavy atom. The molecule has 2 heterocycles. The van der Waals surface area contributed by atoms with Crippen LogP contribution in [0.2, 0.25) is 4.34 Å². The zero-order valence-electron chi connectivity index (χ0n) is 12.6. The lowest BCUT2D eigenvalue weighted by Crippen LogP contribution is -2.30. The van der Waals surface area contributed by atoms with Crippen LogP contribution in [0.5, 0.6) is 0 Å². The van der Waals surface area contributed by atoms with Crippen LogP contribution in [0.25, 0.3) is 10.8 Å². The molecule has 0 aliphatic rings. The molecule has 0 fully saturated rings. The molecule has 0 radical (unpaired) electrons.